The van der Waals surface area contributed by atoms with Crippen molar-refractivity contribution < 1.29 is 8.78 Å². The second-order valence-corrected chi connectivity index (χ2v) is 3.30. The van der Waals surface area contributed by atoms with Crippen LogP contribution in [0.1, 0.15) is 18.2 Å². The highest BCUT2D eigenvalue weighted by Gasteiger charge is 2.33. The Morgan fingerprint density at radius 1 is 1.54 bits per heavy atom. The summed E-state index contributed by atoms with van der Waals surface area (Å²) >= 11 is 0. The Balaban J connectivity index is 3.07. The van der Waals surface area contributed by atoms with Crippen molar-refractivity contribution in [2.45, 2.75) is 25.8 Å². The third-order valence-corrected chi connectivity index (χ3v) is 1.92. The van der Waals surface area contributed by atoms with Crippen LogP contribution in [0, 0.1) is 6.92 Å². The molecule has 0 spiro atoms. The number of hydrogen-bond donors (Lipinski definition) is 1. The monoisotopic (exact) mass is 186 g/mol. The third-order valence-electron chi connectivity index (χ3n) is 1.92. The van der Waals surface area contributed by atoms with E-state index < -0.39 is 12.0 Å². The highest BCUT2D eigenvalue weighted by molar-refractivity contribution is 5.21. The number of nitrogens with two attached hydrogens (primary N) is 1. The second kappa shape index (κ2) is 3.38. The van der Waals surface area contributed by atoms with Gasteiger partial charge >= 0.3 is 0 Å². The SMILES string of the molecule is Cc1ccnc(C(C)(N)C(F)F)c1. The van der Waals surface area contributed by atoms with E-state index in [-0.39, 0.29) is 5.69 Å². The van der Waals surface area contributed by atoms with Gasteiger partial charge in [0.25, 0.3) is 6.43 Å². The molecule has 13 heavy (non-hydrogen) atoms. The van der Waals surface area contributed by atoms with Crippen LogP contribution >= 0.6 is 0 Å². The molecule has 0 amide bonds. The molecule has 0 aliphatic rings. The smallest absolute Gasteiger partial charge is 0.261 e. The van der Waals surface area contributed by atoms with Gasteiger partial charge in [0, 0.05) is 6.20 Å². The molecule has 1 aromatic heterocycles. The zero-order chi connectivity index (χ0) is 10.1. The van der Waals surface area contributed by atoms with E-state index in [1.807, 2.05) is 6.92 Å². The summed E-state index contributed by atoms with van der Waals surface area (Å²) in [6.45, 7) is 3.09. The normalized spacial score (nSPS) is 15.8. The molecular weight excluding hydrogens is 174 g/mol. The molecule has 0 bridgehead atoms. The molecule has 0 saturated carbocycles. The Labute approximate surface area is 75.8 Å². The number of rotatable bonds is 2. The van der Waals surface area contributed by atoms with Gasteiger partial charge in [-0.15, -0.1) is 0 Å². The fraction of sp³-hybridized carbons (Fsp3) is 0.444. The van der Waals surface area contributed by atoms with Gasteiger partial charge in [-0.25, -0.2) is 8.78 Å². The van der Waals surface area contributed by atoms with E-state index in [9.17, 15) is 8.78 Å². The Kier molecular flexibility index (Phi) is 2.61. The highest BCUT2D eigenvalue weighted by Crippen LogP contribution is 2.23. The number of hydrogen-bond acceptors (Lipinski definition) is 2. The van der Waals surface area contributed by atoms with Gasteiger partial charge in [0.2, 0.25) is 0 Å². The van der Waals surface area contributed by atoms with Crippen LogP contribution in [0.25, 0.3) is 0 Å². The maximum absolute atomic E-state index is 12.5. The summed E-state index contributed by atoms with van der Waals surface area (Å²) < 4.78 is 24.9. The number of halogens is 2. The summed E-state index contributed by atoms with van der Waals surface area (Å²) in [5.41, 5.74) is 4.88. The lowest BCUT2D eigenvalue weighted by atomic mass is 9.98. The molecule has 0 aliphatic carbocycles. The Bertz CT molecular complexity index is 297. The van der Waals surface area contributed by atoms with Crippen molar-refractivity contribution in [3.63, 3.8) is 0 Å². The van der Waals surface area contributed by atoms with Crippen molar-refractivity contribution in [1.29, 1.82) is 0 Å². The van der Waals surface area contributed by atoms with Gasteiger partial charge in [0.15, 0.2) is 0 Å². The van der Waals surface area contributed by atoms with Gasteiger partial charge in [-0.3, -0.25) is 4.98 Å². The summed E-state index contributed by atoms with van der Waals surface area (Å²) in [5.74, 6) is 0. The van der Waals surface area contributed by atoms with Crippen molar-refractivity contribution in [2.24, 2.45) is 5.73 Å². The average molecular weight is 186 g/mol. The van der Waals surface area contributed by atoms with Crippen LogP contribution in [0.15, 0.2) is 18.3 Å². The Morgan fingerprint density at radius 3 is 2.62 bits per heavy atom. The first-order valence-electron chi connectivity index (χ1n) is 3.94. The first-order chi connectivity index (χ1) is 5.94. The highest BCUT2D eigenvalue weighted by atomic mass is 19.3. The van der Waals surface area contributed by atoms with E-state index in [0.29, 0.717) is 0 Å². The first-order valence-corrected chi connectivity index (χ1v) is 3.94. The van der Waals surface area contributed by atoms with Crippen LogP contribution in [0.5, 0.6) is 0 Å². The lowest BCUT2D eigenvalue weighted by Crippen LogP contribution is -2.41. The van der Waals surface area contributed by atoms with Crippen molar-refractivity contribution in [3.8, 4) is 0 Å². The van der Waals surface area contributed by atoms with Crippen LogP contribution in [-0.2, 0) is 5.54 Å². The summed E-state index contributed by atoms with van der Waals surface area (Å²) in [7, 11) is 0. The summed E-state index contributed by atoms with van der Waals surface area (Å²) in [5, 5.41) is 0. The zero-order valence-electron chi connectivity index (χ0n) is 7.59. The molecule has 0 radical (unpaired) electrons. The molecule has 1 atom stereocenters. The van der Waals surface area contributed by atoms with Crippen molar-refractivity contribution in [3.05, 3.63) is 29.6 Å². The minimum Gasteiger partial charge on any atom is -0.316 e. The van der Waals surface area contributed by atoms with Crippen molar-refractivity contribution in [1.82, 2.24) is 4.98 Å². The van der Waals surface area contributed by atoms with Crippen LogP contribution in [-0.4, -0.2) is 11.4 Å². The molecule has 72 valence electrons. The number of alkyl halides is 2. The fourth-order valence-corrected chi connectivity index (χ4v) is 0.943. The second-order valence-electron chi connectivity index (χ2n) is 3.30. The number of pyridine rings is 1. The van der Waals surface area contributed by atoms with Crippen LogP contribution in [0.4, 0.5) is 8.78 Å². The molecule has 1 heterocycles. The van der Waals surface area contributed by atoms with Gasteiger partial charge in [-0.05, 0) is 31.5 Å². The van der Waals surface area contributed by atoms with Crippen molar-refractivity contribution in [2.75, 3.05) is 0 Å². The van der Waals surface area contributed by atoms with Crippen LogP contribution in [0.2, 0.25) is 0 Å². The molecule has 0 aromatic carbocycles. The molecule has 2 nitrogen and oxygen atoms in total. The lowest BCUT2D eigenvalue weighted by Gasteiger charge is -2.22. The van der Waals surface area contributed by atoms with Gasteiger partial charge in [-0.1, -0.05) is 0 Å². The predicted molar refractivity (Wildman–Crippen MR) is 46.5 cm³/mol. The van der Waals surface area contributed by atoms with Gasteiger partial charge < -0.3 is 5.73 Å². The van der Waals surface area contributed by atoms with E-state index in [1.165, 1.54) is 13.1 Å². The Hall–Kier alpha value is -1.03. The first kappa shape index (κ1) is 10.1. The maximum Gasteiger partial charge on any atom is 0.261 e. The van der Waals surface area contributed by atoms with Gasteiger partial charge in [-0.2, -0.15) is 0 Å². The minimum absolute atomic E-state index is 0.225. The minimum atomic E-state index is -2.61. The predicted octanol–water partition coefficient (Wildman–Crippen LogP) is 1.83. The zero-order valence-corrected chi connectivity index (χ0v) is 7.59. The van der Waals surface area contributed by atoms with Gasteiger partial charge in [0.05, 0.1) is 5.69 Å². The number of nitrogens with zero attached hydrogens (tertiary/aromatic N) is 1. The summed E-state index contributed by atoms with van der Waals surface area (Å²) in [6.07, 6.45) is -1.13. The Morgan fingerprint density at radius 2 is 2.15 bits per heavy atom. The largest absolute Gasteiger partial charge is 0.316 e. The summed E-state index contributed by atoms with van der Waals surface area (Å²) in [4.78, 5) is 3.83. The van der Waals surface area contributed by atoms with E-state index in [2.05, 4.69) is 4.98 Å². The molecule has 2 N–H and O–H groups in total. The molecule has 0 saturated heterocycles. The average Bonchev–Trinajstić information content (AvgIpc) is 2.04. The van der Waals surface area contributed by atoms with Crippen molar-refractivity contribution >= 4 is 0 Å². The molecule has 1 rings (SSSR count). The quantitative estimate of drug-likeness (QED) is 0.765. The molecular formula is C9H12F2N2. The molecule has 0 aliphatic heterocycles. The topological polar surface area (TPSA) is 38.9 Å². The maximum atomic E-state index is 12.5. The molecule has 4 heteroatoms. The number of aryl methyl sites for hydroxylation is 1. The van der Waals surface area contributed by atoms with E-state index in [1.54, 1.807) is 12.1 Å². The lowest BCUT2D eigenvalue weighted by molar-refractivity contribution is 0.0601. The van der Waals surface area contributed by atoms with E-state index in [4.69, 9.17) is 5.73 Å². The van der Waals surface area contributed by atoms with Crippen LogP contribution < -0.4 is 5.73 Å². The molecule has 1 aromatic rings. The van der Waals surface area contributed by atoms with Gasteiger partial charge in [0.1, 0.15) is 5.54 Å². The molecule has 1 unspecified atom stereocenters. The number of aromatic nitrogens is 1. The summed E-state index contributed by atoms with van der Waals surface area (Å²) in [6, 6.07) is 3.32. The third kappa shape index (κ3) is 2.01. The van der Waals surface area contributed by atoms with Crippen LogP contribution in [0.3, 0.4) is 0 Å². The fourth-order valence-electron chi connectivity index (χ4n) is 0.943. The standard InChI is InChI=1S/C9H12F2N2/c1-6-3-4-13-7(5-6)9(2,12)8(10)11/h3-5,8H,12H2,1-2H3. The van der Waals surface area contributed by atoms with E-state index >= 15 is 0 Å². The van der Waals surface area contributed by atoms with E-state index in [0.717, 1.165) is 5.56 Å². The molecule has 0 fully saturated rings.